The van der Waals surface area contributed by atoms with Crippen molar-refractivity contribution < 1.29 is 9.53 Å². The van der Waals surface area contributed by atoms with Crippen LogP contribution >= 0.6 is 0 Å². The molecular weight excluding hydrogens is 278 g/mol. The third kappa shape index (κ3) is 2.93. The second-order valence-electron chi connectivity index (χ2n) is 6.04. The average molecular weight is 301 g/mol. The van der Waals surface area contributed by atoms with E-state index in [9.17, 15) is 4.79 Å². The maximum Gasteiger partial charge on any atom is 0.260 e. The highest BCUT2D eigenvalue weighted by Crippen LogP contribution is 2.21. The lowest BCUT2D eigenvalue weighted by molar-refractivity contribution is 0.0839. The Morgan fingerprint density at radius 2 is 1.86 bits per heavy atom. The van der Waals surface area contributed by atoms with Gasteiger partial charge in [-0.1, -0.05) is 6.92 Å². The first kappa shape index (κ1) is 14.9. The highest BCUT2D eigenvalue weighted by atomic mass is 16.5. The van der Waals surface area contributed by atoms with Gasteiger partial charge in [0, 0.05) is 25.2 Å². The van der Waals surface area contributed by atoms with Crippen LogP contribution < -0.4 is 4.74 Å². The van der Waals surface area contributed by atoms with Crippen LogP contribution in [0.1, 0.15) is 30.1 Å². The number of aliphatic imine (C=N–C) groups is 1. The van der Waals surface area contributed by atoms with Crippen LogP contribution in [0.15, 0.2) is 29.3 Å². The van der Waals surface area contributed by atoms with Gasteiger partial charge >= 0.3 is 0 Å². The van der Waals surface area contributed by atoms with Crippen molar-refractivity contribution in [1.82, 2.24) is 9.80 Å². The molecule has 0 spiro atoms. The number of ether oxygens (including phenoxy) is 1. The van der Waals surface area contributed by atoms with Gasteiger partial charge in [0.25, 0.3) is 5.91 Å². The molecule has 22 heavy (non-hydrogen) atoms. The monoisotopic (exact) mass is 301 g/mol. The minimum Gasteiger partial charge on any atom is -0.497 e. The standard InChI is InChI=1S/C17H23N3O2/c1-13-7-10-19(11-8-13)17-18-9-12-20(17)16(21)14-3-5-15(22-2)6-4-14/h3-6,13H,7-12H2,1-2H3. The number of guanidine groups is 1. The van der Waals surface area contributed by atoms with Gasteiger partial charge in [-0.25, -0.2) is 0 Å². The minimum atomic E-state index is 0.0255. The van der Waals surface area contributed by atoms with Crippen LogP contribution in [0.3, 0.4) is 0 Å². The van der Waals surface area contributed by atoms with Crippen LogP contribution in [0.5, 0.6) is 5.75 Å². The van der Waals surface area contributed by atoms with Gasteiger partial charge in [-0.05, 0) is 43.0 Å². The van der Waals surface area contributed by atoms with E-state index in [1.165, 1.54) is 12.8 Å². The fourth-order valence-electron chi connectivity index (χ4n) is 3.00. The summed E-state index contributed by atoms with van der Waals surface area (Å²) < 4.78 is 5.14. The summed E-state index contributed by atoms with van der Waals surface area (Å²) in [7, 11) is 1.62. The van der Waals surface area contributed by atoms with Crippen LogP contribution in [-0.2, 0) is 0 Å². The second kappa shape index (κ2) is 6.38. The molecule has 1 aromatic rings. The van der Waals surface area contributed by atoms with Crippen molar-refractivity contribution in [3.63, 3.8) is 0 Å². The Labute approximate surface area is 131 Å². The summed E-state index contributed by atoms with van der Waals surface area (Å²) in [5.41, 5.74) is 0.681. The Morgan fingerprint density at radius 1 is 1.18 bits per heavy atom. The third-order valence-corrected chi connectivity index (χ3v) is 4.47. The summed E-state index contributed by atoms with van der Waals surface area (Å²) in [6, 6.07) is 7.27. The smallest absolute Gasteiger partial charge is 0.260 e. The minimum absolute atomic E-state index is 0.0255. The molecule has 0 aliphatic carbocycles. The number of benzene rings is 1. The summed E-state index contributed by atoms with van der Waals surface area (Å²) in [6.07, 6.45) is 2.34. The van der Waals surface area contributed by atoms with Gasteiger partial charge in [-0.2, -0.15) is 0 Å². The lowest BCUT2D eigenvalue weighted by atomic mass is 9.99. The van der Waals surface area contributed by atoms with E-state index in [-0.39, 0.29) is 5.91 Å². The molecule has 2 heterocycles. The van der Waals surface area contributed by atoms with Crippen LogP contribution in [0.2, 0.25) is 0 Å². The first-order valence-electron chi connectivity index (χ1n) is 7.94. The summed E-state index contributed by atoms with van der Waals surface area (Å²) in [4.78, 5) is 21.4. The molecule has 5 heteroatoms. The first-order valence-corrected chi connectivity index (χ1v) is 7.94. The number of hydrogen-bond donors (Lipinski definition) is 0. The molecule has 5 nitrogen and oxygen atoms in total. The van der Waals surface area contributed by atoms with Crippen LogP contribution in [-0.4, -0.2) is 55.0 Å². The number of amides is 1. The number of carbonyl (C=O) groups excluding carboxylic acids is 1. The number of nitrogens with zero attached hydrogens (tertiary/aromatic N) is 3. The second-order valence-corrected chi connectivity index (χ2v) is 6.04. The zero-order chi connectivity index (χ0) is 15.5. The molecule has 1 aromatic carbocycles. The number of hydrogen-bond acceptors (Lipinski definition) is 4. The Balaban J connectivity index is 1.72. The normalized spacial score (nSPS) is 19.3. The summed E-state index contributed by atoms with van der Waals surface area (Å²) in [5.74, 6) is 2.41. The Bertz CT molecular complexity index is 560. The van der Waals surface area contributed by atoms with Crippen molar-refractivity contribution >= 4 is 11.9 Å². The van der Waals surface area contributed by atoms with Gasteiger partial charge < -0.3 is 9.64 Å². The van der Waals surface area contributed by atoms with E-state index < -0.39 is 0 Å². The summed E-state index contributed by atoms with van der Waals surface area (Å²) >= 11 is 0. The van der Waals surface area contributed by atoms with Crippen molar-refractivity contribution in [2.24, 2.45) is 10.9 Å². The Morgan fingerprint density at radius 3 is 2.50 bits per heavy atom. The Kier molecular flexibility index (Phi) is 4.32. The van der Waals surface area contributed by atoms with Gasteiger partial charge in [0.2, 0.25) is 5.96 Å². The molecule has 1 fully saturated rings. The van der Waals surface area contributed by atoms with Crippen molar-refractivity contribution in [2.75, 3.05) is 33.3 Å². The number of carbonyl (C=O) groups is 1. The molecule has 2 aliphatic rings. The van der Waals surface area contributed by atoms with E-state index in [1.807, 2.05) is 29.2 Å². The molecule has 0 atom stereocenters. The molecule has 1 amide bonds. The Hall–Kier alpha value is -2.04. The molecule has 118 valence electrons. The van der Waals surface area contributed by atoms with Crippen molar-refractivity contribution in [3.8, 4) is 5.75 Å². The molecule has 0 radical (unpaired) electrons. The molecule has 0 unspecified atom stereocenters. The van der Waals surface area contributed by atoms with Crippen molar-refractivity contribution in [2.45, 2.75) is 19.8 Å². The quantitative estimate of drug-likeness (QED) is 0.841. The lowest BCUT2D eigenvalue weighted by Gasteiger charge is -2.34. The van der Waals surface area contributed by atoms with Crippen LogP contribution in [0.25, 0.3) is 0 Å². The van der Waals surface area contributed by atoms with Gasteiger partial charge in [-0.15, -0.1) is 0 Å². The van der Waals surface area contributed by atoms with E-state index in [2.05, 4.69) is 16.8 Å². The summed E-state index contributed by atoms with van der Waals surface area (Å²) in [5, 5.41) is 0. The van der Waals surface area contributed by atoms with Crippen molar-refractivity contribution in [1.29, 1.82) is 0 Å². The number of methoxy groups -OCH3 is 1. The topological polar surface area (TPSA) is 45.1 Å². The fourth-order valence-corrected chi connectivity index (χ4v) is 3.00. The maximum atomic E-state index is 12.7. The van der Waals surface area contributed by atoms with E-state index in [1.54, 1.807) is 7.11 Å². The zero-order valence-electron chi connectivity index (χ0n) is 13.3. The van der Waals surface area contributed by atoms with Crippen LogP contribution in [0, 0.1) is 5.92 Å². The molecular formula is C17H23N3O2. The van der Waals surface area contributed by atoms with Crippen LogP contribution in [0.4, 0.5) is 0 Å². The first-order chi connectivity index (χ1) is 10.7. The van der Waals surface area contributed by atoms with Gasteiger partial charge in [-0.3, -0.25) is 14.7 Å². The van der Waals surface area contributed by atoms with E-state index in [0.717, 1.165) is 30.7 Å². The largest absolute Gasteiger partial charge is 0.497 e. The van der Waals surface area contributed by atoms with E-state index in [4.69, 9.17) is 4.74 Å². The van der Waals surface area contributed by atoms with E-state index >= 15 is 0 Å². The molecule has 1 saturated heterocycles. The molecule has 2 aliphatic heterocycles. The highest BCUT2D eigenvalue weighted by molar-refractivity contribution is 6.06. The van der Waals surface area contributed by atoms with Crippen molar-refractivity contribution in [3.05, 3.63) is 29.8 Å². The number of rotatable bonds is 2. The molecule has 0 aromatic heterocycles. The molecule has 0 bridgehead atoms. The predicted molar refractivity (Wildman–Crippen MR) is 86.3 cm³/mol. The van der Waals surface area contributed by atoms with Gasteiger partial charge in [0.1, 0.15) is 5.75 Å². The third-order valence-electron chi connectivity index (χ3n) is 4.47. The van der Waals surface area contributed by atoms with Gasteiger partial charge in [0.05, 0.1) is 13.7 Å². The molecule has 0 saturated carbocycles. The maximum absolute atomic E-state index is 12.7. The average Bonchev–Trinajstić information content (AvgIpc) is 3.04. The lowest BCUT2D eigenvalue weighted by Crippen LogP contribution is -2.47. The molecule has 0 N–H and O–H groups in total. The summed E-state index contributed by atoms with van der Waals surface area (Å²) in [6.45, 7) is 5.64. The van der Waals surface area contributed by atoms with E-state index in [0.29, 0.717) is 18.7 Å². The number of likely N-dealkylation sites (tertiary alicyclic amines) is 1. The zero-order valence-corrected chi connectivity index (χ0v) is 13.3. The number of piperidine rings is 1. The SMILES string of the molecule is COc1ccc(C(=O)N2CCN=C2N2CCC(C)CC2)cc1. The van der Waals surface area contributed by atoms with Gasteiger partial charge in [0.15, 0.2) is 0 Å². The fraction of sp³-hybridized carbons (Fsp3) is 0.529. The predicted octanol–water partition coefficient (Wildman–Crippen LogP) is 2.24. The highest BCUT2D eigenvalue weighted by Gasteiger charge is 2.30. The molecule has 3 rings (SSSR count).